The van der Waals surface area contributed by atoms with Gasteiger partial charge in [-0.15, -0.1) is 11.3 Å². The molecule has 2 amide bonds. The number of rotatable bonds is 6. The van der Waals surface area contributed by atoms with E-state index >= 15 is 0 Å². The lowest BCUT2D eigenvalue weighted by Gasteiger charge is -2.21. The molecule has 3 N–H and O–H groups in total. The lowest BCUT2D eigenvalue weighted by Crippen LogP contribution is -2.44. The number of likely N-dealkylation sites (tertiary alicyclic amines) is 1. The minimum absolute atomic E-state index is 0.0808. The number of amides is 2. The number of aromatic nitrogens is 3. The molecule has 1 aliphatic carbocycles. The number of carbonyl (C=O) groups is 2. The molecule has 3 heterocycles. The first-order chi connectivity index (χ1) is 14.4. The number of primary amides is 1. The molecule has 2 aliphatic rings. The molecule has 30 heavy (non-hydrogen) atoms. The van der Waals surface area contributed by atoms with Crippen LogP contribution in [0.4, 0.5) is 5.95 Å². The Morgan fingerprint density at radius 2 is 2.07 bits per heavy atom. The van der Waals surface area contributed by atoms with Crippen LogP contribution in [-0.2, 0) is 28.9 Å². The second-order valence-electron chi connectivity index (χ2n) is 7.63. The maximum Gasteiger partial charge on any atom is 0.240 e. The largest absolute Gasteiger partial charge is 0.391 e. The van der Waals surface area contributed by atoms with Crippen LogP contribution in [0.15, 0.2) is 6.20 Å². The summed E-state index contributed by atoms with van der Waals surface area (Å²) in [6.07, 6.45) is 3.05. The van der Waals surface area contributed by atoms with Crippen molar-refractivity contribution in [2.24, 2.45) is 5.73 Å². The van der Waals surface area contributed by atoms with Crippen LogP contribution in [0.1, 0.15) is 36.5 Å². The second-order valence-corrected chi connectivity index (χ2v) is 8.71. The van der Waals surface area contributed by atoms with Crippen molar-refractivity contribution in [3.8, 4) is 10.6 Å². The number of aliphatic hydroxyl groups is 1. The highest BCUT2D eigenvalue weighted by atomic mass is 32.1. The Balaban J connectivity index is 1.58. The number of aryl methyl sites for hydroxylation is 2. The maximum absolute atomic E-state index is 12.8. The number of hydrogen-bond donors (Lipinski definition) is 2. The number of anilines is 1. The molecule has 2 aromatic rings. The molecule has 9 nitrogen and oxygen atoms in total. The molecule has 0 unspecified atom stereocenters. The first-order valence-electron chi connectivity index (χ1n) is 10.3. The van der Waals surface area contributed by atoms with Gasteiger partial charge in [0.05, 0.1) is 28.8 Å². The highest BCUT2D eigenvalue weighted by Gasteiger charge is 2.38. The number of aliphatic hydroxyl groups excluding tert-OH is 1. The number of nitrogens with zero attached hydrogens (tertiary/aromatic N) is 5. The zero-order valence-corrected chi connectivity index (χ0v) is 18.0. The Morgan fingerprint density at radius 3 is 2.77 bits per heavy atom. The second kappa shape index (κ2) is 8.27. The molecule has 0 spiro atoms. The van der Waals surface area contributed by atoms with Crippen LogP contribution in [0, 0.1) is 0 Å². The third kappa shape index (κ3) is 3.77. The summed E-state index contributed by atoms with van der Waals surface area (Å²) < 4.78 is 0. The molecule has 1 saturated heterocycles. The standard InChI is InChI=1S/C20H26N6O3S/c1-3-25(4-2)20-22-9-11-5-6-13-18(17(11)24-20)30-15(23-13)8-16(28)26-10-12(27)7-14(26)19(21)29/h9,12,14,27H,3-8,10H2,1-2H3,(H2,21,29)/t12-,14-/m0/s1. The monoisotopic (exact) mass is 430 g/mol. The van der Waals surface area contributed by atoms with Gasteiger partial charge < -0.3 is 20.6 Å². The molecule has 160 valence electrons. The predicted octanol–water partition coefficient (Wildman–Crippen LogP) is 0.535. The third-order valence-corrected chi connectivity index (χ3v) is 6.82. The lowest BCUT2D eigenvalue weighted by atomic mass is 10.00. The van der Waals surface area contributed by atoms with Gasteiger partial charge in [0, 0.05) is 32.3 Å². The van der Waals surface area contributed by atoms with Gasteiger partial charge >= 0.3 is 0 Å². The molecular weight excluding hydrogens is 404 g/mol. The fourth-order valence-electron chi connectivity index (χ4n) is 4.11. The van der Waals surface area contributed by atoms with Crippen molar-refractivity contribution in [2.75, 3.05) is 24.5 Å². The summed E-state index contributed by atoms with van der Waals surface area (Å²) in [6, 6.07) is -0.757. The zero-order valence-electron chi connectivity index (χ0n) is 17.2. The van der Waals surface area contributed by atoms with Gasteiger partial charge in [0.15, 0.2) is 0 Å². The van der Waals surface area contributed by atoms with Gasteiger partial charge in [0.25, 0.3) is 0 Å². The van der Waals surface area contributed by atoms with Crippen molar-refractivity contribution < 1.29 is 14.7 Å². The Hall–Kier alpha value is -2.59. The molecule has 1 aliphatic heterocycles. The van der Waals surface area contributed by atoms with Crippen molar-refractivity contribution >= 4 is 29.1 Å². The van der Waals surface area contributed by atoms with Crippen molar-refractivity contribution in [1.29, 1.82) is 0 Å². The van der Waals surface area contributed by atoms with Gasteiger partial charge in [0.2, 0.25) is 17.8 Å². The third-order valence-electron chi connectivity index (χ3n) is 5.72. The summed E-state index contributed by atoms with van der Waals surface area (Å²) in [7, 11) is 0. The average Bonchev–Trinajstić information content (AvgIpc) is 3.32. The quantitative estimate of drug-likeness (QED) is 0.685. The van der Waals surface area contributed by atoms with E-state index in [4.69, 9.17) is 10.7 Å². The van der Waals surface area contributed by atoms with E-state index in [0.717, 1.165) is 47.8 Å². The van der Waals surface area contributed by atoms with E-state index in [1.165, 1.54) is 16.2 Å². The molecule has 0 bridgehead atoms. The molecule has 10 heteroatoms. The smallest absolute Gasteiger partial charge is 0.240 e. The van der Waals surface area contributed by atoms with Gasteiger partial charge in [-0.1, -0.05) is 0 Å². The first-order valence-corrected chi connectivity index (χ1v) is 11.1. The normalized spacial score (nSPS) is 20.0. The lowest BCUT2D eigenvalue weighted by molar-refractivity contribution is -0.136. The van der Waals surface area contributed by atoms with E-state index in [9.17, 15) is 14.7 Å². The van der Waals surface area contributed by atoms with E-state index < -0.39 is 18.1 Å². The van der Waals surface area contributed by atoms with Gasteiger partial charge in [-0.2, -0.15) is 0 Å². The van der Waals surface area contributed by atoms with Gasteiger partial charge in [0.1, 0.15) is 11.0 Å². The molecule has 0 saturated carbocycles. The fraction of sp³-hybridized carbons (Fsp3) is 0.550. The van der Waals surface area contributed by atoms with Crippen LogP contribution in [0.5, 0.6) is 0 Å². The molecule has 0 radical (unpaired) electrons. The van der Waals surface area contributed by atoms with E-state index in [-0.39, 0.29) is 25.3 Å². The SMILES string of the molecule is CCN(CC)c1ncc2c(n1)-c1sc(CC(=O)N3C[C@@H](O)C[C@H]3C(N)=O)nc1CC2. The summed E-state index contributed by atoms with van der Waals surface area (Å²) in [5, 5.41) is 10.5. The Kier molecular flexibility index (Phi) is 5.70. The van der Waals surface area contributed by atoms with E-state index in [0.29, 0.717) is 11.0 Å². The molecule has 0 aromatic carbocycles. The van der Waals surface area contributed by atoms with Gasteiger partial charge in [-0.05, 0) is 32.3 Å². The topological polar surface area (TPSA) is 126 Å². The molecule has 2 atom stereocenters. The molecule has 1 fully saturated rings. The predicted molar refractivity (Wildman–Crippen MR) is 113 cm³/mol. The van der Waals surface area contributed by atoms with Crippen molar-refractivity contribution in [2.45, 2.75) is 51.7 Å². The van der Waals surface area contributed by atoms with E-state index in [1.807, 2.05) is 6.20 Å². The molecule has 2 aromatic heterocycles. The van der Waals surface area contributed by atoms with E-state index in [2.05, 4.69) is 28.7 Å². The number of hydrogen-bond acceptors (Lipinski definition) is 8. The van der Waals surface area contributed by atoms with Crippen LogP contribution < -0.4 is 10.6 Å². The number of carbonyl (C=O) groups excluding carboxylic acids is 2. The Morgan fingerprint density at radius 1 is 1.30 bits per heavy atom. The summed E-state index contributed by atoms with van der Waals surface area (Å²) in [5.41, 5.74) is 8.34. The minimum Gasteiger partial charge on any atom is -0.391 e. The number of thiazole rings is 1. The molecular formula is C20H26N6O3S. The van der Waals surface area contributed by atoms with Crippen LogP contribution >= 0.6 is 11.3 Å². The summed E-state index contributed by atoms with van der Waals surface area (Å²) in [6.45, 7) is 5.92. The Labute approximate surface area is 178 Å². The van der Waals surface area contributed by atoms with Crippen molar-refractivity contribution in [1.82, 2.24) is 19.9 Å². The highest BCUT2D eigenvalue weighted by molar-refractivity contribution is 7.15. The number of β-amino-alcohol motifs (C(OH)–C–C–N with tert-alkyl or cyclic N) is 1. The summed E-state index contributed by atoms with van der Waals surface area (Å²) >= 11 is 1.47. The van der Waals surface area contributed by atoms with Crippen molar-refractivity contribution in [3.63, 3.8) is 0 Å². The zero-order chi connectivity index (χ0) is 21.4. The van der Waals surface area contributed by atoms with Crippen LogP contribution in [0.3, 0.4) is 0 Å². The molecule has 4 rings (SSSR count). The van der Waals surface area contributed by atoms with Crippen LogP contribution in [0.25, 0.3) is 10.6 Å². The van der Waals surface area contributed by atoms with Gasteiger partial charge in [-0.3, -0.25) is 9.59 Å². The summed E-state index contributed by atoms with van der Waals surface area (Å²) in [5.74, 6) is -0.130. The van der Waals surface area contributed by atoms with Crippen molar-refractivity contribution in [3.05, 3.63) is 22.5 Å². The Bertz CT molecular complexity index is 973. The fourth-order valence-corrected chi connectivity index (χ4v) is 5.24. The number of fused-ring (bicyclic) bond motifs is 3. The minimum atomic E-state index is -0.757. The average molecular weight is 431 g/mol. The van der Waals surface area contributed by atoms with E-state index in [1.54, 1.807) is 0 Å². The summed E-state index contributed by atoms with van der Waals surface area (Å²) in [4.78, 5) is 42.9. The van der Waals surface area contributed by atoms with Crippen LogP contribution in [0.2, 0.25) is 0 Å². The van der Waals surface area contributed by atoms with Gasteiger partial charge in [-0.25, -0.2) is 15.0 Å². The number of nitrogens with two attached hydrogens (primary N) is 1. The van der Waals surface area contributed by atoms with Crippen LogP contribution in [-0.4, -0.2) is 68.6 Å². The maximum atomic E-state index is 12.8. The first kappa shape index (κ1) is 20.7. The highest BCUT2D eigenvalue weighted by Crippen LogP contribution is 2.37.